The minimum atomic E-state index is -0.309. The van der Waals surface area contributed by atoms with Crippen LogP contribution in [-0.4, -0.2) is 46.8 Å². The van der Waals surface area contributed by atoms with E-state index in [1.54, 1.807) is 16.7 Å². The van der Waals surface area contributed by atoms with E-state index < -0.39 is 0 Å². The quantitative estimate of drug-likeness (QED) is 0.402. The van der Waals surface area contributed by atoms with Crippen LogP contribution in [0.1, 0.15) is 46.7 Å². The Morgan fingerprint density at radius 3 is 2.28 bits per heavy atom. The average Bonchev–Trinajstić information content (AvgIpc) is 3.26. The summed E-state index contributed by atoms with van der Waals surface area (Å²) in [6, 6.07) is 18.3. The summed E-state index contributed by atoms with van der Waals surface area (Å²) in [6.07, 6.45) is 0.785. The minimum Gasteiger partial charge on any atom is -0.497 e. The molecule has 0 fully saturated rings. The number of rotatable bonds is 9. The van der Waals surface area contributed by atoms with E-state index in [-0.39, 0.29) is 23.9 Å². The van der Waals surface area contributed by atoms with E-state index in [4.69, 9.17) is 9.84 Å². The van der Waals surface area contributed by atoms with E-state index in [1.807, 2.05) is 60.7 Å². The zero-order valence-electron chi connectivity index (χ0n) is 22.0. The Morgan fingerprint density at radius 1 is 1.03 bits per heavy atom. The van der Waals surface area contributed by atoms with Gasteiger partial charge >= 0.3 is 6.03 Å². The van der Waals surface area contributed by atoms with Gasteiger partial charge in [-0.3, -0.25) is 4.79 Å². The molecular weight excluding hydrogens is 454 g/mol. The molecule has 0 radical (unpaired) electrons. The first-order valence-electron chi connectivity index (χ1n) is 12.2. The van der Waals surface area contributed by atoms with Crippen LogP contribution in [0.5, 0.6) is 5.75 Å². The van der Waals surface area contributed by atoms with Gasteiger partial charge in [0, 0.05) is 23.7 Å². The van der Waals surface area contributed by atoms with Crippen LogP contribution in [-0.2, 0) is 10.2 Å². The fraction of sp³-hybridized carbons (Fsp3) is 0.393. The fourth-order valence-corrected chi connectivity index (χ4v) is 3.50. The second kappa shape index (κ2) is 11.7. The number of amides is 3. The molecule has 0 bridgehead atoms. The maximum Gasteiger partial charge on any atom is 0.322 e. The van der Waals surface area contributed by atoms with Gasteiger partial charge in [-0.2, -0.15) is 5.10 Å². The lowest BCUT2D eigenvalue weighted by molar-refractivity contribution is -0.116. The molecule has 0 saturated carbocycles. The molecular formula is C28H37N5O3. The molecule has 8 heteroatoms. The van der Waals surface area contributed by atoms with Crippen molar-refractivity contribution in [2.45, 2.75) is 46.5 Å². The van der Waals surface area contributed by atoms with Crippen molar-refractivity contribution < 1.29 is 14.3 Å². The molecule has 0 unspecified atom stereocenters. The SMILES string of the molecule is COc1ccc(-n2nc(C(C)(C)C)cc2NC(=O)CN(CCC(C)C)C(=O)Nc2ccccc2)cc1. The van der Waals surface area contributed by atoms with E-state index in [0.717, 1.165) is 23.6 Å². The number of aromatic nitrogens is 2. The van der Waals surface area contributed by atoms with Crippen molar-refractivity contribution >= 4 is 23.4 Å². The van der Waals surface area contributed by atoms with Crippen LogP contribution in [0.2, 0.25) is 0 Å². The predicted octanol–water partition coefficient (Wildman–Crippen LogP) is 5.70. The number of para-hydroxylation sites is 1. The number of hydrogen-bond donors (Lipinski definition) is 2. The highest BCUT2D eigenvalue weighted by Gasteiger charge is 2.23. The van der Waals surface area contributed by atoms with Gasteiger partial charge in [-0.1, -0.05) is 52.8 Å². The first kappa shape index (κ1) is 26.8. The molecule has 2 N–H and O–H groups in total. The summed E-state index contributed by atoms with van der Waals surface area (Å²) in [5, 5.41) is 10.6. The van der Waals surface area contributed by atoms with E-state index >= 15 is 0 Å². The summed E-state index contributed by atoms with van der Waals surface area (Å²) in [5.74, 6) is 1.38. The Balaban J connectivity index is 1.81. The summed E-state index contributed by atoms with van der Waals surface area (Å²) < 4.78 is 6.97. The maximum atomic E-state index is 13.2. The smallest absolute Gasteiger partial charge is 0.322 e. The van der Waals surface area contributed by atoms with Crippen LogP contribution in [0.25, 0.3) is 5.69 Å². The van der Waals surface area contributed by atoms with Crippen LogP contribution < -0.4 is 15.4 Å². The fourth-order valence-electron chi connectivity index (χ4n) is 3.50. The highest BCUT2D eigenvalue weighted by Crippen LogP contribution is 2.27. The Kier molecular flexibility index (Phi) is 8.74. The number of anilines is 2. The van der Waals surface area contributed by atoms with Gasteiger partial charge in [0.15, 0.2) is 0 Å². The normalized spacial score (nSPS) is 11.3. The summed E-state index contributed by atoms with van der Waals surface area (Å²) in [7, 11) is 1.62. The summed E-state index contributed by atoms with van der Waals surface area (Å²) in [4.78, 5) is 27.7. The number of carbonyl (C=O) groups is 2. The number of ether oxygens (including phenoxy) is 1. The van der Waals surface area contributed by atoms with Crippen molar-refractivity contribution in [2.75, 3.05) is 30.8 Å². The van der Waals surface area contributed by atoms with Crippen molar-refractivity contribution in [3.63, 3.8) is 0 Å². The zero-order valence-corrected chi connectivity index (χ0v) is 22.0. The molecule has 0 spiro atoms. The Bertz CT molecular complexity index is 1150. The number of benzene rings is 2. The van der Waals surface area contributed by atoms with Crippen molar-refractivity contribution in [1.29, 1.82) is 0 Å². The van der Waals surface area contributed by atoms with Crippen LogP contribution in [0.3, 0.4) is 0 Å². The minimum absolute atomic E-state index is 0.0793. The van der Waals surface area contributed by atoms with Gasteiger partial charge in [-0.05, 0) is 48.7 Å². The number of nitrogens with zero attached hydrogens (tertiary/aromatic N) is 3. The largest absolute Gasteiger partial charge is 0.497 e. The molecule has 8 nitrogen and oxygen atoms in total. The standard InChI is InChI=1S/C28H37N5O3/c1-20(2)16-17-32(27(35)29-21-10-8-7-9-11-21)19-26(34)30-25-18-24(28(3,4)5)31-33(25)22-12-14-23(36-6)15-13-22/h7-15,18,20H,16-17,19H2,1-6H3,(H,29,35)(H,30,34). The number of methoxy groups -OCH3 is 1. The predicted molar refractivity (Wildman–Crippen MR) is 144 cm³/mol. The molecule has 36 heavy (non-hydrogen) atoms. The van der Waals surface area contributed by atoms with Crippen LogP contribution in [0.15, 0.2) is 60.7 Å². The Hall–Kier alpha value is -3.81. The molecule has 3 amide bonds. The van der Waals surface area contributed by atoms with Gasteiger partial charge < -0.3 is 20.3 Å². The third-order valence-electron chi connectivity index (χ3n) is 5.69. The molecule has 1 aromatic heterocycles. The molecule has 0 aliphatic carbocycles. The number of nitrogens with one attached hydrogen (secondary N) is 2. The molecule has 0 saturated heterocycles. The molecule has 192 valence electrons. The topological polar surface area (TPSA) is 88.5 Å². The first-order valence-corrected chi connectivity index (χ1v) is 12.2. The van der Waals surface area contributed by atoms with Gasteiger partial charge in [-0.25, -0.2) is 9.48 Å². The molecule has 0 aliphatic heterocycles. The van der Waals surface area contributed by atoms with Crippen molar-refractivity contribution in [1.82, 2.24) is 14.7 Å². The maximum absolute atomic E-state index is 13.2. The Labute approximate surface area is 213 Å². The molecule has 2 aromatic carbocycles. The monoisotopic (exact) mass is 491 g/mol. The van der Waals surface area contributed by atoms with E-state index in [2.05, 4.69) is 45.3 Å². The van der Waals surface area contributed by atoms with Crippen LogP contribution in [0, 0.1) is 5.92 Å². The van der Waals surface area contributed by atoms with E-state index in [1.165, 1.54) is 0 Å². The number of hydrogen-bond acceptors (Lipinski definition) is 4. The second-order valence-corrected chi connectivity index (χ2v) is 10.2. The summed E-state index contributed by atoms with van der Waals surface area (Å²) in [5.41, 5.74) is 2.10. The second-order valence-electron chi connectivity index (χ2n) is 10.2. The summed E-state index contributed by atoms with van der Waals surface area (Å²) in [6.45, 7) is 10.8. The molecule has 0 aliphatic rings. The van der Waals surface area contributed by atoms with Crippen molar-refractivity contribution in [2.24, 2.45) is 5.92 Å². The molecule has 3 rings (SSSR count). The molecule has 1 heterocycles. The van der Waals surface area contributed by atoms with Gasteiger partial charge in [0.1, 0.15) is 18.1 Å². The average molecular weight is 492 g/mol. The lowest BCUT2D eigenvalue weighted by Gasteiger charge is -2.23. The van der Waals surface area contributed by atoms with E-state index in [9.17, 15) is 9.59 Å². The van der Waals surface area contributed by atoms with Gasteiger partial charge in [-0.15, -0.1) is 0 Å². The molecule has 3 aromatic rings. The number of carbonyl (C=O) groups excluding carboxylic acids is 2. The van der Waals surface area contributed by atoms with Crippen molar-refractivity contribution in [3.05, 3.63) is 66.4 Å². The lowest BCUT2D eigenvalue weighted by Crippen LogP contribution is -2.41. The Morgan fingerprint density at radius 2 is 1.69 bits per heavy atom. The highest BCUT2D eigenvalue weighted by molar-refractivity contribution is 5.96. The third-order valence-corrected chi connectivity index (χ3v) is 5.69. The number of urea groups is 1. The first-order chi connectivity index (χ1) is 17.1. The third kappa shape index (κ3) is 7.34. The van der Waals surface area contributed by atoms with Gasteiger partial charge in [0.2, 0.25) is 5.91 Å². The van der Waals surface area contributed by atoms with Gasteiger partial charge in [0.05, 0.1) is 18.5 Å². The highest BCUT2D eigenvalue weighted by atomic mass is 16.5. The summed E-state index contributed by atoms with van der Waals surface area (Å²) >= 11 is 0. The zero-order chi connectivity index (χ0) is 26.3. The van der Waals surface area contributed by atoms with Crippen LogP contribution in [0.4, 0.5) is 16.3 Å². The van der Waals surface area contributed by atoms with Crippen molar-refractivity contribution in [3.8, 4) is 11.4 Å². The van der Waals surface area contributed by atoms with E-state index in [0.29, 0.717) is 24.0 Å². The van der Waals surface area contributed by atoms with Gasteiger partial charge in [0.25, 0.3) is 0 Å². The molecule has 0 atom stereocenters. The lowest BCUT2D eigenvalue weighted by atomic mass is 9.92. The van der Waals surface area contributed by atoms with Crippen LogP contribution >= 0.6 is 0 Å².